The zero-order chi connectivity index (χ0) is 58.4. The Morgan fingerprint density at radius 2 is 0.857 bits per heavy atom. The molecule has 49 heavy (non-hydrogen) atoms. The van der Waals surface area contributed by atoms with E-state index in [0.29, 0.717) is 0 Å². The Morgan fingerprint density at radius 3 is 1.59 bits per heavy atom. The normalized spacial score (nSPS) is 20.2. The van der Waals surface area contributed by atoms with E-state index in [4.69, 9.17) is 30.5 Å². The molecule has 1 nitrogen and oxygen atoms in total. The van der Waals surface area contributed by atoms with E-state index in [-0.39, 0.29) is 0 Å². The fourth-order valence-electron chi connectivity index (χ4n) is 5.73. The molecule has 0 aliphatic rings. The van der Waals surface area contributed by atoms with Gasteiger partial charge in [0.15, 0.2) is 0 Å². The Balaban J connectivity index is 1.45. The lowest BCUT2D eigenvalue weighted by Crippen LogP contribution is -1.91. The first-order chi connectivity index (χ1) is 36.8. The molecule has 9 aromatic carbocycles. The number of benzene rings is 9. The highest BCUT2D eigenvalue weighted by Gasteiger charge is 2.18. The monoisotopic (exact) mass is 652 g/mol. The van der Waals surface area contributed by atoms with Gasteiger partial charge in [-0.1, -0.05) is 151 Å². The van der Waals surface area contributed by atoms with Crippen LogP contribution in [0.25, 0.3) is 98.8 Å². The summed E-state index contributed by atoms with van der Waals surface area (Å²) in [7, 11) is 0. The highest BCUT2D eigenvalue weighted by molar-refractivity contribution is 6.22. The zero-order valence-corrected chi connectivity index (χ0v) is 24.4. The van der Waals surface area contributed by atoms with Crippen LogP contribution >= 0.6 is 0 Å². The average Bonchev–Trinajstić information content (AvgIpc) is 3.99. The summed E-state index contributed by atoms with van der Waals surface area (Å²) < 4.78 is 276. The molecule has 0 N–H and O–H groups in total. The van der Waals surface area contributed by atoms with Crippen LogP contribution in [0.15, 0.2) is 186 Å². The van der Waals surface area contributed by atoms with E-state index in [1.807, 2.05) is 0 Å². The van der Waals surface area contributed by atoms with Crippen LogP contribution in [0.5, 0.6) is 0 Å². The molecule has 0 unspecified atom stereocenters. The predicted molar refractivity (Wildman–Crippen MR) is 208 cm³/mol. The standard InChI is InChI=1S/C48H30O/c1-2-12-31(13-3-1)33-24-26-39-44-29-36(25-27-45(44)49-46(39)30-33)48-42-21-8-6-19-40(42)47(41-20-7-9-22-43(41)48)35-17-10-16-34(28-35)38-23-11-15-32-14-4-5-18-37(32)38/h1-30H/i1D,2D,3D,4D,5D,6D,7D,8D,9D,10D,11D,12D,13D,14D,15D,16D,17D,18D,19D,20D,21D,22D,23D,24D,25D,26D,27D,28D,29D,30D. The van der Waals surface area contributed by atoms with Gasteiger partial charge in [0, 0.05) is 10.8 Å². The lowest BCUT2D eigenvalue weighted by Gasteiger charge is -2.18. The van der Waals surface area contributed by atoms with E-state index in [0.717, 1.165) is 0 Å². The number of hydrogen-bond donors (Lipinski definition) is 0. The Hall–Kier alpha value is -6.44. The second-order valence-electron chi connectivity index (χ2n) is 10.5. The van der Waals surface area contributed by atoms with Crippen LogP contribution in [-0.2, 0) is 0 Å². The maximum Gasteiger partial charge on any atom is 0.136 e. The van der Waals surface area contributed by atoms with Crippen LogP contribution in [0.4, 0.5) is 0 Å². The molecule has 0 bridgehead atoms. The van der Waals surface area contributed by atoms with Gasteiger partial charge in [-0.05, 0) is 107 Å². The van der Waals surface area contributed by atoms with Gasteiger partial charge in [0.1, 0.15) is 11.2 Å². The summed E-state index contributed by atoms with van der Waals surface area (Å²) in [6.45, 7) is 0. The summed E-state index contributed by atoms with van der Waals surface area (Å²) in [5.41, 5.74) is -7.70. The first-order valence-electron chi connectivity index (χ1n) is 29.4. The third-order valence-electron chi connectivity index (χ3n) is 7.82. The minimum Gasteiger partial charge on any atom is -0.456 e. The van der Waals surface area contributed by atoms with Crippen molar-refractivity contribution in [1.29, 1.82) is 0 Å². The molecule has 0 spiro atoms. The topological polar surface area (TPSA) is 13.1 Å². The van der Waals surface area contributed by atoms with Gasteiger partial charge in [-0.3, -0.25) is 0 Å². The lowest BCUT2D eigenvalue weighted by molar-refractivity contribution is 0.669. The molecule has 0 saturated carbocycles. The Labute approximate surface area is 326 Å². The molecular formula is C48H30O. The predicted octanol–water partition coefficient (Wildman–Crippen LogP) is 13.7. The molecular weight excluding hydrogens is 593 g/mol. The molecule has 0 aliphatic heterocycles. The number of rotatable bonds is 4. The molecule has 1 heterocycles. The van der Waals surface area contributed by atoms with Crippen LogP contribution in [0, 0.1) is 0 Å². The van der Waals surface area contributed by atoms with Crippen molar-refractivity contribution in [2.24, 2.45) is 0 Å². The van der Waals surface area contributed by atoms with Crippen molar-refractivity contribution in [3.8, 4) is 44.5 Å². The van der Waals surface area contributed by atoms with Gasteiger partial charge in [-0.15, -0.1) is 0 Å². The summed E-state index contributed by atoms with van der Waals surface area (Å²) in [6.07, 6.45) is 0. The molecule has 0 aliphatic carbocycles. The van der Waals surface area contributed by atoms with E-state index < -0.39 is 280 Å². The van der Waals surface area contributed by atoms with Crippen molar-refractivity contribution < 1.29 is 45.5 Å². The van der Waals surface area contributed by atoms with Crippen LogP contribution in [0.1, 0.15) is 41.1 Å². The molecule has 1 heteroatoms. The van der Waals surface area contributed by atoms with Crippen molar-refractivity contribution in [2.45, 2.75) is 0 Å². The molecule has 228 valence electrons. The van der Waals surface area contributed by atoms with Gasteiger partial charge >= 0.3 is 0 Å². The minimum atomic E-state index is -1.11. The molecule has 0 amide bonds. The SMILES string of the molecule is [2H]c1c([2H])c([2H])c(-c2c([2H])c([2H])c3c(oc4c([2H])c([2H])c(-c5c6c([2H])c([2H])c([2H])c([2H])c6c(-c6c([2H])c([2H])c([2H])c(-c7c([2H])c([2H])c([2H])c8c([2H])c([2H])c([2H])c([2H])c78)c6[2H])c6c([2H])c([2H])c([2H])c([2H])c56)c([2H])c43)c2[2H])c([2H])c1[2H]. The molecule has 0 saturated heterocycles. The van der Waals surface area contributed by atoms with Crippen molar-refractivity contribution in [1.82, 2.24) is 0 Å². The van der Waals surface area contributed by atoms with E-state index in [2.05, 4.69) is 0 Å². The van der Waals surface area contributed by atoms with Gasteiger partial charge in [0.25, 0.3) is 0 Å². The minimum absolute atomic E-state index is 0.570. The maximum atomic E-state index is 9.87. The van der Waals surface area contributed by atoms with Crippen LogP contribution in [0.2, 0.25) is 0 Å². The second-order valence-corrected chi connectivity index (χ2v) is 10.5. The van der Waals surface area contributed by atoms with E-state index in [9.17, 15) is 15.1 Å². The lowest BCUT2D eigenvalue weighted by atomic mass is 9.85. The molecule has 0 atom stereocenters. The fourth-order valence-corrected chi connectivity index (χ4v) is 5.73. The van der Waals surface area contributed by atoms with Crippen LogP contribution in [-0.4, -0.2) is 0 Å². The Bertz CT molecular complexity index is 4480. The molecule has 10 aromatic rings. The number of hydrogen-bond acceptors (Lipinski definition) is 1. The van der Waals surface area contributed by atoms with Crippen LogP contribution < -0.4 is 0 Å². The summed E-state index contributed by atoms with van der Waals surface area (Å²) in [6, 6.07) is -28.8. The third-order valence-corrected chi connectivity index (χ3v) is 7.82. The summed E-state index contributed by atoms with van der Waals surface area (Å²) in [5, 5.41) is -5.66. The first-order valence-corrected chi connectivity index (χ1v) is 14.4. The van der Waals surface area contributed by atoms with Crippen molar-refractivity contribution in [3.05, 3.63) is 181 Å². The Morgan fingerprint density at radius 1 is 0.306 bits per heavy atom. The molecule has 1 aromatic heterocycles. The first kappa shape index (κ1) is 11.1. The summed E-state index contributed by atoms with van der Waals surface area (Å²) >= 11 is 0. The zero-order valence-electron chi connectivity index (χ0n) is 54.4. The van der Waals surface area contributed by atoms with E-state index >= 15 is 0 Å². The van der Waals surface area contributed by atoms with Crippen molar-refractivity contribution in [2.75, 3.05) is 0 Å². The molecule has 0 radical (unpaired) electrons. The van der Waals surface area contributed by atoms with E-state index in [1.165, 1.54) is 0 Å². The second kappa shape index (κ2) is 11.1. The van der Waals surface area contributed by atoms with Gasteiger partial charge in [-0.25, -0.2) is 0 Å². The van der Waals surface area contributed by atoms with Gasteiger partial charge in [0.05, 0.1) is 41.1 Å². The van der Waals surface area contributed by atoms with Crippen molar-refractivity contribution >= 4 is 54.3 Å². The third kappa shape index (κ3) is 4.47. The summed E-state index contributed by atoms with van der Waals surface area (Å²) in [5.74, 6) is 0. The van der Waals surface area contributed by atoms with E-state index in [1.54, 1.807) is 0 Å². The quantitative estimate of drug-likeness (QED) is 0.172. The molecule has 10 rings (SSSR count). The Kier molecular flexibility index (Phi) is 2.50. The highest BCUT2D eigenvalue weighted by atomic mass is 16.3. The largest absolute Gasteiger partial charge is 0.456 e. The van der Waals surface area contributed by atoms with Crippen molar-refractivity contribution in [3.63, 3.8) is 0 Å². The molecule has 0 fully saturated rings. The fraction of sp³-hybridized carbons (Fsp3) is 0. The van der Waals surface area contributed by atoms with Gasteiger partial charge < -0.3 is 4.42 Å². The highest BCUT2D eigenvalue weighted by Crippen LogP contribution is 2.45. The number of furan rings is 1. The van der Waals surface area contributed by atoms with Gasteiger partial charge in [0.2, 0.25) is 0 Å². The average molecular weight is 653 g/mol. The number of fused-ring (bicyclic) bond motifs is 6. The smallest absolute Gasteiger partial charge is 0.136 e. The maximum absolute atomic E-state index is 9.87. The summed E-state index contributed by atoms with van der Waals surface area (Å²) in [4.78, 5) is 0. The van der Waals surface area contributed by atoms with Gasteiger partial charge in [-0.2, -0.15) is 0 Å². The van der Waals surface area contributed by atoms with Crippen LogP contribution in [0.3, 0.4) is 0 Å².